The summed E-state index contributed by atoms with van der Waals surface area (Å²) >= 11 is 0. The Hall–Kier alpha value is -3.88. The van der Waals surface area contributed by atoms with Crippen molar-refractivity contribution >= 4 is 11.9 Å². The molecule has 30 heavy (non-hydrogen) atoms. The van der Waals surface area contributed by atoms with Crippen molar-refractivity contribution in [1.29, 1.82) is 0 Å². The van der Waals surface area contributed by atoms with Gasteiger partial charge in [0.25, 0.3) is 5.91 Å². The maximum atomic E-state index is 13.0. The number of methoxy groups -OCH3 is 1. The van der Waals surface area contributed by atoms with Crippen LogP contribution < -0.4 is 10.5 Å². The van der Waals surface area contributed by atoms with Crippen molar-refractivity contribution in [3.63, 3.8) is 0 Å². The molecule has 0 aliphatic heterocycles. The summed E-state index contributed by atoms with van der Waals surface area (Å²) < 4.78 is 49.0. The van der Waals surface area contributed by atoms with Gasteiger partial charge in [0.2, 0.25) is 0 Å². The van der Waals surface area contributed by atoms with Gasteiger partial charge >= 0.3 is 12.1 Å². The van der Waals surface area contributed by atoms with E-state index in [1.54, 1.807) is 36.4 Å². The fourth-order valence-corrected chi connectivity index (χ4v) is 2.62. The van der Waals surface area contributed by atoms with Gasteiger partial charge in [-0.15, -0.1) is 0 Å². The number of carbonyl (C=O) groups excluding carboxylic acids is 2. The lowest BCUT2D eigenvalue weighted by atomic mass is 10.1. The molecular weight excluding hydrogens is 401 g/mol. The van der Waals surface area contributed by atoms with Gasteiger partial charge in [-0.05, 0) is 54.6 Å². The summed E-state index contributed by atoms with van der Waals surface area (Å²) in [6, 6.07) is 13.7. The summed E-state index contributed by atoms with van der Waals surface area (Å²) in [4.78, 5) is 27.3. The second kappa shape index (κ2) is 8.24. The SMILES string of the molecule is COC(=O)c1cc(C(F)(F)F)ccc1Oc1ccc(-c2cccc(C(N)=O)n2)cc1. The van der Waals surface area contributed by atoms with Gasteiger partial charge < -0.3 is 15.2 Å². The van der Waals surface area contributed by atoms with Gasteiger partial charge in [0.05, 0.1) is 18.4 Å². The summed E-state index contributed by atoms with van der Waals surface area (Å²) in [7, 11) is 1.06. The predicted molar refractivity (Wildman–Crippen MR) is 101 cm³/mol. The monoisotopic (exact) mass is 416 g/mol. The molecule has 154 valence electrons. The van der Waals surface area contributed by atoms with Crippen LogP contribution in [0.1, 0.15) is 26.4 Å². The molecule has 0 bridgehead atoms. The van der Waals surface area contributed by atoms with E-state index < -0.39 is 23.6 Å². The summed E-state index contributed by atoms with van der Waals surface area (Å²) in [6.45, 7) is 0. The Labute approximate surface area is 169 Å². The van der Waals surface area contributed by atoms with Crippen molar-refractivity contribution in [2.45, 2.75) is 6.18 Å². The smallest absolute Gasteiger partial charge is 0.416 e. The van der Waals surface area contributed by atoms with Crippen LogP contribution in [0.5, 0.6) is 11.5 Å². The highest BCUT2D eigenvalue weighted by molar-refractivity contribution is 5.93. The molecule has 1 heterocycles. The molecule has 0 aliphatic rings. The van der Waals surface area contributed by atoms with Crippen molar-refractivity contribution in [3.05, 3.63) is 77.5 Å². The zero-order valence-electron chi connectivity index (χ0n) is 15.6. The minimum atomic E-state index is -4.62. The number of aromatic nitrogens is 1. The molecule has 0 aliphatic carbocycles. The number of nitrogens with two attached hydrogens (primary N) is 1. The minimum Gasteiger partial charge on any atom is -0.465 e. The molecule has 0 saturated carbocycles. The highest BCUT2D eigenvalue weighted by Gasteiger charge is 2.32. The summed E-state index contributed by atoms with van der Waals surface area (Å²) in [5.74, 6) is -1.43. The predicted octanol–water partition coefficient (Wildman–Crippen LogP) is 4.45. The number of carbonyl (C=O) groups is 2. The quantitative estimate of drug-likeness (QED) is 0.621. The Kier molecular flexibility index (Phi) is 5.72. The second-order valence-electron chi connectivity index (χ2n) is 6.10. The molecule has 0 atom stereocenters. The molecule has 2 N–H and O–H groups in total. The summed E-state index contributed by atoms with van der Waals surface area (Å²) in [6.07, 6.45) is -4.62. The number of pyridine rings is 1. The Balaban J connectivity index is 1.89. The van der Waals surface area contributed by atoms with Crippen LogP contribution >= 0.6 is 0 Å². The number of rotatable bonds is 5. The zero-order chi connectivity index (χ0) is 21.9. The van der Waals surface area contributed by atoms with Gasteiger partial charge in [-0.2, -0.15) is 13.2 Å². The molecule has 1 amide bonds. The van der Waals surface area contributed by atoms with Crippen LogP contribution in [0, 0.1) is 0 Å². The van der Waals surface area contributed by atoms with E-state index in [0.717, 1.165) is 19.2 Å². The molecule has 3 aromatic rings. The Morgan fingerprint density at radius 1 is 1.00 bits per heavy atom. The number of alkyl halides is 3. The Morgan fingerprint density at radius 3 is 2.30 bits per heavy atom. The van der Waals surface area contributed by atoms with Crippen LogP contribution in [0.15, 0.2) is 60.7 Å². The Bertz CT molecular complexity index is 1100. The number of nitrogens with zero attached hydrogens (tertiary/aromatic N) is 1. The minimum absolute atomic E-state index is 0.0866. The van der Waals surface area contributed by atoms with Crippen LogP contribution in [0.2, 0.25) is 0 Å². The number of amides is 1. The van der Waals surface area contributed by atoms with E-state index in [-0.39, 0.29) is 22.8 Å². The number of hydrogen-bond donors (Lipinski definition) is 1. The van der Waals surface area contributed by atoms with E-state index in [2.05, 4.69) is 9.72 Å². The fraction of sp³-hybridized carbons (Fsp3) is 0.0952. The van der Waals surface area contributed by atoms with E-state index in [1.165, 1.54) is 6.07 Å². The van der Waals surface area contributed by atoms with Crippen LogP contribution in [0.4, 0.5) is 13.2 Å². The first-order valence-electron chi connectivity index (χ1n) is 8.54. The number of primary amides is 1. The average molecular weight is 416 g/mol. The lowest BCUT2D eigenvalue weighted by Gasteiger charge is -2.13. The molecule has 9 heteroatoms. The molecule has 1 aromatic heterocycles. The molecule has 0 fully saturated rings. The number of esters is 1. The van der Waals surface area contributed by atoms with E-state index in [9.17, 15) is 22.8 Å². The van der Waals surface area contributed by atoms with Crippen LogP contribution in [0.3, 0.4) is 0 Å². The van der Waals surface area contributed by atoms with E-state index in [4.69, 9.17) is 10.5 Å². The molecule has 0 saturated heterocycles. The normalized spacial score (nSPS) is 11.1. The number of hydrogen-bond acceptors (Lipinski definition) is 5. The van der Waals surface area contributed by atoms with E-state index >= 15 is 0 Å². The lowest BCUT2D eigenvalue weighted by molar-refractivity contribution is -0.137. The van der Waals surface area contributed by atoms with Crippen LogP contribution in [0.25, 0.3) is 11.3 Å². The zero-order valence-corrected chi connectivity index (χ0v) is 15.6. The van der Waals surface area contributed by atoms with Crippen molar-refractivity contribution in [3.8, 4) is 22.8 Å². The number of benzene rings is 2. The van der Waals surface area contributed by atoms with Gasteiger partial charge in [-0.1, -0.05) is 6.07 Å². The first kappa shape index (κ1) is 20.8. The van der Waals surface area contributed by atoms with Crippen molar-refractivity contribution in [1.82, 2.24) is 4.98 Å². The number of halogens is 3. The van der Waals surface area contributed by atoms with Crippen LogP contribution in [-0.4, -0.2) is 24.0 Å². The number of ether oxygens (including phenoxy) is 2. The van der Waals surface area contributed by atoms with Crippen LogP contribution in [-0.2, 0) is 10.9 Å². The van der Waals surface area contributed by atoms with Gasteiger partial charge in [-0.3, -0.25) is 4.79 Å². The molecule has 0 radical (unpaired) electrons. The van der Waals surface area contributed by atoms with E-state index in [0.29, 0.717) is 17.3 Å². The maximum Gasteiger partial charge on any atom is 0.416 e. The van der Waals surface area contributed by atoms with E-state index in [1.807, 2.05) is 0 Å². The molecule has 0 unspecified atom stereocenters. The van der Waals surface area contributed by atoms with Gasteiger partial charge in [0, 0.05) is 5.56 Å². The summed E-state index contributed by atoms with van der Waals surface area (Å²) in [5, 5.41) is 0. The molecular formula is C21H15F3N2O4. The maximum absolute atomic E-state index is 13.0. The molecule has 3 rings (SSSR count). The third kappa shape index (κ3) is 4.57. The standard InChI is InChI=1S/C21H15F3N2O4/c1-29-20(28)15-11-13(21(22,23)24)7-10-18(15)30-14-8-5-12(6-9-14)16-3-2-4-17(26-16)19(25)27/h2-11H,1H3,(H2,25,27). The molecule has 0 spiro atoms. The fourth-order valence-electron chi connectivity index (χ4n) is 2.62. The Morgan fingerprint density at radius 2 is 1.70 bits per heavy atom. The third-order valence-electron chi connectivity index (χ3n) is 4.09. The highest BCUT2D eigenvalue weighted by atomic mass is 19.4. The highest BCUT2D eigenvalue weighted by Crippen LogP contribution is 2.34. The first-order valence-corrected chi connectivity index (χ1v) is 8.54. The third-order valence-corrected chi connectivity index (χ3v) is 4.09. The topological polar surface area (TPSA) is 91.5 Å². The summed E-state index contributed by atoms with van der Waals surface area (Å²) in [5.41, 5.74) is 5.15. The van der Waals surface area contributed by atoms with Gasteiger partial charge in [0.1, 0.15) is 22.8 Å². The second-order valence-corrected chi connectivity index (χ2v) is 6.10. The largest absolute Gasteiger partial charge is 0.465 e. The van der Waals surface area contributed by atoms with Crippen molar-refractivity contribution in [2.75, 3.05) is 7.11 Å². The lowest BCUT2D eigenvalue weighted by Crippen LogP contribution is -2.12. The molecule has 6 nitrogen and oxygen atoms in total. The molecule has 2 aromatic carbocycles. The first-order chi connectivity index (χ1) is 14.2. The van der Waals surface area contributed by atoms with Gasteiger partial charge in [-0.25, -0.2) is 9.78 Å². The van der Waals surface area contributed by atoms with Gasteiger partial charge in [0.15, 0.2) is 0 Å². The average Bonchev–Trinajstić information content (AvgIpc) is 2.73. The van der Waals surface area contributed by atoms with Crippen molar-refractivity contribution < 1.29 is 32.2 Å². The van der Waals surface area contributed by atoms with Crippen molar-refractivity contribution in [2.24, 2.45) is 5.73 Å².